The summed E-state index contributed by atoms with van der Waals surface area (Å²) in [5, 5.41) is 1.07. The lowest BCUT2D eigenvalue weighted by Gasteiger charge is -2.37. The summed E-state index contributed by atoms with van der Waals surface area (Å²) in [6.07, 6.45) is 2.65. The van der Waals surface area contributed by atoms with Gasteiger partial charge >= 0.3 is 0 Å². The zero-order valence-corrected chi connectivity index (χ0v) is 11.5. The van der Waals surface area contributed by atoms with Crippen molar-refractivity contribution in [1.82, 2.24) is 14.8 Å². The van der Waals surface area contributed by atoms with Crippen LogP contribution in [0.2, 0.25) is 0 Å². The summed E-state index contributed by atoms with van der Waals surface area (Å²) in [6.45, 7) is 4.90. The van der Waals surface area contributed by atoms with E-state index in [-0.39, 0.29) is 5.78 Å². The van der Waals surface area contributed by atoms with E-state index in [0.717, 1.165) is 35.9 Å². The van der Waals surface area contributed by atoms with Crippen LogP contribution in [0.15, 0.2) is 6.20 Å². The Kier molecular flexibility index (Phi) is 3.91. The van der Waals surface area contributed by atoms with Gasteiger partial charge in [-0.25, -0.2) is 4.98 Å². The lowest BCUT2D eigenvalue weighted by atomic mass is 10.1. The maximum Gasteiger partial charge on any atom is 0.171 e. The van der Waals surface area contributed by atoms with Crippen molar-refractivity contribution in [3.63, 3.8) is 0 Å². The molecule has 5 heteroatoms. The first-order valence-corrected chi connectivity index (χ1v) is 6.72. The summed E-state index contributed by atoms with van der Waals surface area (Å²) in [4.78, 5) is 21.1. The van der Waals surface area contributed by atoms with E-state index in [1.807, 2.05) is 0 Å². The molecule has 4 nitrogen and oxygen atoms in total. The van der Waals surface area contributed by atoms with Crippen molar-refractivity contribution >= 4 is 17.1 Å². The number of nitrogens with zero attached hydrogens (tertiary/aromatic N) is 3. The summed E-state index contributed by atoms with van der Waals surface area (Å²) in [7, 11) is 4.32. The lowest BCUT2D eigenvalue weighted by Crippen LogP contribution is -2.50. The zero-order chi connectivity index (χ0) is 12.4. The summed E-state index contributed by atoms with van der Waals surface area (Å²) < 4.78 is 0. The number of hydrogen-bond acceptors (Lipinski definition) is 5. The number of hydrogen-bond donors (Lipinski definition) is 0. The molecule has 0 saturated carbocycles. The molecule has 1 aliphatic heterocycles. The van der Waals surface area contributed by atoms with Crippen LogP contribution in [-0.4, -0.2) is 60.3 Å². The first kappa shape index (κ1) is 12.7. The number of aromatic nitrogens is 1. The minimum absolute atomic E-state index is 0.114. The predicted molar refractivity (Wildman–Crippen MR) is 69.7 cm³/mol. The molecule has 0 spiro atoms. The molecule has 1 unspecified atom stereocenters. The highest BCUT2D eigenvalue weighted by Crippen LogP contribution is 2.18. The first-order chi connectivity index (χ1) is 8.06. The van der Waals surface area contributed by atoms with Crippen molar-refractivity contribution in [1.29, 1.82) is 0 Å². The fourth-order valence-corrected chi connectivity index (χ4v) is 2.97. The highest BCUT2D eigenvalue weighted by molar-refractivity contribution is 7.13. The Morgan fingerprint density at radius 2 is 2.29 bits per heavy atom. The van der Waals surface area contributed by atoms with E-state index in [9.17, 15) is 4.79 Å². The van der Waals surface area contributed by atoms with Gasteiger partial charge in [-0.05, 0) is 14.1 Å². The number of Topliss-reactive ketones (excluding diaryl/α,β-unsaturated/α-hetero) is 1. The first-order valence-electron chi connectivity index (χ1n) is 5.90. The maximum absolute atomic E-state index is 11.2. The molecule has 0 aliphatic carbocycles. The smallest absolute Gasteiger partial charge is 0.171 e. The van der Waals surface area contributed by atoms with E-state index in [4.69, 9.17) is 0 Å². The maximum atomic E-state index is 11.2. The van der Waals surface area contributed by atoms with Crippen LogP contribution in [0.5, 0.6) is 0 Å². The molecular formula is C12H19N3OS. The van der Waals surface area contributed by atoms with Gasteiger partial charge in [0.15, 0.2) is 5.78 Å². The van der Waals surface area contributed by atoms with Gasteiger partial charge in [-0.3, -0.25) is 4.79 Å². The van der Waals surface area contributed by atoms with Crippen molar-refractivity contribution in [3.05, 3.63) is 16.1 Å². The molecule has 1 aromatic heterocycles. The van der Waals surface area contributed by atoms with Crippen molar-refractivity contribution in [3.8, 4) is 0 Å². The number of carbonyl (C=O) groups excluding carboxylic acids is 1. The van der Waals surface area contributed by atoms with E-state index < -0.39 is 0 Å². The Morgan fingerprint density at radius 3 is 2.94 bits per heavy atom. The highest BCUT2D eigenvalue weighted by Gasteiger charge is 2.23. The Bertz CT molecular complexity index is 404. The number of ketones is 1. The SMILES string of the molecule is CC(=O)c1cnc(CC2CN(C)CCN2C)s1. The molecule has 0 bridgehead atoms. The van der Waals surface area contributed by atoms with Gasteiger partial charge in [0.1, 0.15) is 0 Å². The minimum atomic E-state index is 0.114. The Labute approximate surface area is 106 Å². The van der Waals surface area contributed by atoms with Gasteiger partial charge in [-0.1, -0.05) is 0 Å². The van der Waals surface area contributed by atoms with Crippen LogP contribution < -0.4 is 0 Å². The highest BCUT2D eigenvalue weighted by atomic mass is 32.1. The number of rotatable bonds is 3. The number of carbonyl (C=O) groups is 1. The Balaban J connectivity index is 2.01. The third kappa shape index (κ3) is 3.12. The van der Waals surface area contributed by atoms with Gasteiger partial charge in [0, 0.05) is 45.2 Å². The summed E-state index contributed by atoms with van der Waals surface area (Å²) >= 11 is 1.53. The molecular weight excluding hydrogens is 234 g/mol. The average molecular weight is 253 g/mol. The Hall–Kier alpha value is -0.780. The standard InChI is InChI=1S/C12H19N3OS/c1-9(16)11-7-13-12(17-11)6-10-8-14(2)4-5-15(10)3/h7,10H,4-6,8H2,1-3H3. The van der Waals surface area contributed by atoms with E-state index in [1.165, 1.54) is 11.3 Å². The van der Waals surface area contributed by atoms with Gasteiger partial charge in [0.05, 0.1) is 9.88 Å². The second-order valence-electron chi connectivity index (χ2n) is 4.78. The monoisotopic (exact) mass is 253 g/mol. The molecule has 1 fully saturated rings. The molecule has 0 radical (unpaired) electrons. The van der Waals surface area contributed by atoms with Crippen molar-refractivity contribution in [2.75, 3.05) is 33.7 Å². The second-order valence-corrected chi connectivity index (χ2v) is 5.89. The molecule has 0 amide bonds. The third-order valence-corrected chi connectivity index (χ3v) is 4.41. The van der Waals surface area contributed by atoms with Crippen LogP contribution in [0.4, 0.5) is 0 Å². The molecule has 17 heavy (non-hydrogen) atoms. The van der Waals surface area contributed by atoms with Crippen molar-refractivity contribution < 1.29 is 4.79 Å². The normalized spacial score (nSPS) is 22.9. The number of likely N-dealkylation sites (N-methyl/N-ethyl adjacent to an activating group) is 2. The number of thiazole rings is 1. The largest absolute Gasteiger partial charge is 0.304 e. The van der Waals surface area contributed by atoms with Crippen LogP contribution in [-0.2, 0) is 6.42 Å². The molecule has 2 heterocycles. The second kappa shape index (κ2) is 5.25. The van der Waals surface area contributed by atoms with Crippen LogP contribution in [0, 0.1) is 0 Å². The van der Waals surface area contributed by atoms with Gasteiger partial charge in [-0.15, -0.1) is 11.3 Å². The summed E-state index contributed by atoms with van der Waals surface area (Å²) in [6, 6.07) is 0.514. The average Bonchev–Trinajstić information content (AvgIpc) is 2.72. The van der Waals surface area contributed by atoms with Crippen LogP contribution in [0.3, 0.4) is 0 Å². The van der Waals surface area contributed by atoms with Gasteiger partial charge in [0.2, 0.25) is 0 Å². The van der Waals surface area contributed by atoms with Crippen LogP contribution >= 0.6 is 11.3 Å². The van der Waals surface area contributed by atoms with Crippen molar-refractivity contribution in [2.24, 2.45) is 0 Å². The van der Waals surface area contributed by atoms with E-state index in [2.05, 4.69) is 28.9 Å². The summed E-state index contributed by atoms with van der Waals surface area (Å²) in [5.74, 6) is 0.114. The summed E-state index contributed by atoms with van der Waals surface area (Å²) in [5.41, 5.74) is 0. The fourth-order valence-electron chi connectivity index (χ4n) is 2.09. The molecule has 1 aliphatic rings. The molecule has 0 aromatic carbocycles. The molecule has 2 rings (SSSR count). The zero-order valence-electron chi connectivity index (χ0n) is 10.6. The molecule has 0 N–H and O–H groups in total. The lowest BCUT2D eigenvalue weighted by molar-refractivity contribution is 0.102. The van der Waals surface area contributed by atoms with Gasteiger partial charge < -0.3 is 9.80 Å². The van der Waals surface area contributed by atoms with E-state index in [1.54, 1.807) is 13.1 Å². The van der Waals surface area contributed by atoms with Crippen molar-refractivity contribution in [2.45, 2.75) is 19.4 Å². The van der Waals surface area contributed by atoms with Gasteiger partial charge in [0.25, 0.3) is 0 Å². The fraction of sp³-hybridized carbons (Fsp3) is 0.667. The van der Waals surface area contributed by atoms with Gasteiger partial charge in [-0.2, -0.15) is 0 Å². The molecule has 1 saturated heterocycles. The molecule has 94 valence electrons. The molecule has 1 aromatic rings. The predicted octanol–water partition coefficient (Wildman–Crippen LogP) is 1.13. The quantitative estimate of drug-likeness (QED) is 0.757. The van der Waals surface area contributed by atoms with E-state index >= 15 is 0 Å². The van der Waals surface area contributed by atoms with Crippen LogP contribution in [0.25, 0.3) is 0 Å². The topological polar surface area (TPSA) is 36.4 Å². The number of piperazine rings is 1. The van der Waals surface area contributed by atoms with E-state index in [0.29, 0.717) is 6.04 Å². The minimum Gasteiger partial charge on any atom is -0.304 e. The molecule has 1 atom stereocenters. The van der Waals surface area contributed by atoms with Crippen LogP contribution in [0.1, 0.15) is 21.6 Å². The Morgan fingerprint density at radius 1 is 1.53 bits per heavy atom. The third-order valence-electron chi connectivity index (χ3n) is 3.29.